The smallest absolute Gasteiger partial charge is 0.304 e. The average Bonchev–Trinajstić information content (AvgIpc) is 3.17. The highest BCUT2D eigenvalue weighted by molar-refractivity contribution is 5.89. The van der Waals surface area contributed by atoms with Gasteiger partial charge >= 0.3 is 5.97 Å². The van der Waals surface area contributed by atoms with Crippen molar-refractivity contribution in [3.8, 4) is 0 Å². The minimum atomic E-state index is -0.960. The number of carbonyl (C=O) groups is 2. The van der Waals surface area contributed by atoms with Gasteiger partial charge in [0, 0.05) is 10.9 Å². The number of para-hydroxylation sites is 1. The van der Waals surface area contributed by atoms with Crippen LogP contribution in [0, 0.1) is 12.3 Å². The minimum absolute atomic E-state index is 0.188. The number of hydrogen-bond donors (Lipinski definition) is 2. The Hall–Kier alpha value is -3.08. The number of hydrogen-bond acceptors (Lipinski definition) is 3. The zero-order valence-electron chi connectivity index (χ0n) is 15.1. The van der Waals surface area contributed by atoms with Gasteiger partial charge in [-0.15, -0.1) is 0 Å². The molecule has 0 radical (unpaired) electrons. The maximum atomic E-state index is 13.1. The van der Waals surface area contributed by atoms with Crippen molar-refractivity contribution in [2.24, 2.45) is 5.41 Å². The summed E-state index contributed by atoms with van der Waals surface area (Å²) in [6.45, 7) is 2.21. The van der Waals surface area contributed by atoms with Gasteiger partial charge in [0.1, 0.15) is 11.3 Å². The summed E-state index contributed by atoms with van der Waals surface area (Å²) in [5, 5.41) is 13.3. The molecule has 5 nitrogen and oxygen atoms in total. The zero-order chi connectivity index (χ0) is 19.0. The summed E-state index contributed by atoms with van der Waals surface area (Å²) in [6, 6.07) is 15.5. The van der Waals surface area contributed by atoms with Crippen molar-refractivity contribution >= 4 is 22.8 Å². The Morgan fingerprint density at radius 3 is 2.33 bits per heavy atom. The Kier molecular flexibility index (Phi) is 4.22. The van der Waals surface area contributed by atoms with E-state index >= 15 is 0 Å². The molecule has 0 spiro atoms. The van der Waals surface area contributed by atoms with E-state index in [9.17, 15) is 14.7 Å². The highest BCUT2D eigenvalue weighted by Crippen LogP contribution is 2.40. The highest BCUT2D eigenvalue weighted by Gasteiger charge is 2.45. The molecule has 1 heterocycles. The lowest BCUT2D eigenvalue weighted by atomic mass is 9.80. The SMILES string of the molecule is Cc1c(CNC(=O)C2(CC(=O)O)Cc3ccccc3C2)oc2ccccc12. The van der Waals surface area contributed by atoms with Gasteiger partial charge in [0.05, 0.1) is 18.4 Å². The molecule has 0 aliphatic heterocycles. The Morgan fingerprint density at radius 2 is 1.70 bits per heavy atom. The van der Waals surface area contributed by atoms with Crippen LogP contribution in [0.4, 0.5) is 0 Å². The van der Waals surface area contributed by atoms with Gasteiger partial charge in [-0.3, -0.25) is 9.59 Å². The van der Waals surface area contributed by atoms with Gasteiger partial charge in [0.25, 0.3) is 0 Å². The van der Waals surface area contributed by atoms with Crippen LogP contribution < -0.4 is 5.32 Å². The number of rotatable bonds is 5. The number of carboxylic acid groups (broad SMARTS) is 1. The van der Waals surface area contributed by atoms with Gasteiger partial charge in [-0.05, 0) is 37.0 Å². The van der Waals surface area contributed by atoms with Gasteiger partial charge < -0.3 is 14.8 Å². The standard InChI is InChI=1S/C22H21NO4/c1-14-17-8-4-5-9-18(17)27-19(14)13-23-21(26)22(12-20(24)25)10-15-6-2-3-7-16(15)11-22/h2-9H,10-13H2,1H3,(H,23,26)(H,24,25). The van der Waals surface area contributed by atoms with Crippen molar-refractivity contribution in [2.45, 2.75) is 32.7 Å². The molecule has 0 fully saturated rings. The molecule has 4 rings (SSSR count). The summed E-state index contributed by atoms with van der Waals surface area (Å²) in [4.78, 5) is 24.5. The lowest BCUT2D eigenvalue weighted by Crippen LogP contribution is -2.43. The number of carbonyl (C=O) groups excluding carboxylic acids is 1. The molecule has 2 aromatic carbocycles. The van der Waals surface area contributed by atoms with E-state index in [-0.39, 0.29) is 18.9 Å². The molecule has 1 aromatic heterocycles. The van der Waals surface area contributed by atoms with E-state index in [2.05, 4.69) is 5.32 Å². The average molecular weight is 363 g/mol. The minimum Gasteiger partial charge on any atom is -0.481 e. The Morgan fingerprint density at radius 1 is 1.07 bits per heavy atom. The molecule has 0 atom stereocenters. The van der Waals surface area contributed by atoms with Crippen LogP contribution in [-0.4, -0.2) is 17.0 Å². The van der Waals surface area contributed by atoms with Gasteiger partial charge in [-0.2, -0.15) is 0 Å². The number of furan rings is 1. The number of amides is 1. The van der Waals surface area contributed by atoms with E-state index in [4.69, 9.17) is 4.42 Å². The van der Waals surface area contributed by atoms with Gasteiger partial charge in [0.15, 0.2) is 0 Å². The second-order valence-electron chi connectivity index (χ2n) is 7.30. The molecule has 2 N–H and O–H groups in total. The van der Waals surface area contributed by atoms with Crippen LogP contribution in [0.3, 0.4) is 0 Å². The van der Waals surface area contributed by atoms with E-state index in [0.29, 0.717) is 18.6 Å². The third kappa shape index (κ3) is 3.10. The lowest BCUT2D eigenvalue weighted by molar-refractivity contribution is -0.145. The topological polar surface area (TPSA) is 79.5 Å². The van der Waals surface area contributed by atoms with Crippen molar-refractivity contribution in [1.29, 1.82) is 0 Å². The molecule has 0 saturated heterocycles. The van der Waals surface area contributed by atoms with Crippen molar-refractivity contribution in [1.82, 2.24) is 5.32 Å². The maximum Gasteiger partial charge on any atom is 0.304 e. The Bertz CT molecular complexity index is 1010. The summed E-state index contributed by atoms with van der Waals surface area (Å²) >= 11 is 0. The normalized spacial score (nSPS) is 14.9. The van der Waals surface area contributed by atoms with Crippen LogP contribution in [0.15, 0.2) is 52.9 Å². The molecule has 0 bridgehead atoms. The predicted octanol–water partition coefficient (Wildman–Crippen LogP) is 3.62. The molecular weight excluding hydrogens is 342 g/mol. The molecule has 1 amide bonds. The molecule has 27 heavy (non-hydrogen) atoms. The number of aryl methyl sites for hydroxylation is 1. The summed E-state index contributed by atoms with van der Waals surface area (Å²) in [5.41, 5.74) is 2.93. The van der Waals surface area contributed by atoms with Crippen molar-refractivity contribution in [2.75, 3.05) is 0 Å². The third-order valence-corrected chi connectivity index (χ3v) is 5.50. The molecule has 1 aliphatic carbocycles. The van der Waals surface area contributed by atoms with E-state index in [0.717, 1.165) is 27.7 Å². The highest BCUT2D eigenvalue weighted by atomic mass is 16.4. The maximum absolute atomic E-state index is 13.1. The van der Waals surface area contributed by atoms with E-state index in [1.54, 1.807) is 0 Å². The first kappa shape index (κ1) is 17.3. The molecule has 1 aliphatic rings. The van der Waals surface area contributed by atoms with Crippen LogP contribution in [0.2, 0.25) is 0 Å². The second kappa shape index (κ2) is 6.58. The summed E-state index contributed by atoms with van der Waals surface area (Å²) in [7, 11) is 0. The second-order valence-corrected chi connectivity index (χ2v) is 7.30. The summed E-state index contributed by atoms with van der Waals surface area (Å²) in [6.07, 6.45) is 0.702. The van der Waals surface area contributed by atoms with E-state index in [1.807, 2.05) is 55.5 Å². The molecule has 0 saturated carbocycles. The van der Waals surface area contributed by atoms with Crippen molar-refractivity contribution in [3.05, 3.63) is 71.0 Å². The lowest BCUT2D eigenvalue weighted by Gasteiger charge is -2.25. The number of fused-ring (bicyclic) bond motifs is 2. The first-order valence-electron chi connectivity index (χ1n) is 9.02. The number of aliphatic carboxylic acids is 1. The van der Waals surface area contributed by atoms with Crippen LogP contribution in [0.1, 0.15) is 28.9 Å². The monoisotopic (exact) mass is 363 g/mol. The first-order chi connectivity index (χ1) is 13.0. The first-order valence-corrected chi connectivity index (χ1v) is 9.02. The quantitative estimate of drug-likeness (QED) is 0.726. The fourth-order valence-electron chi connectivity index (χ4n) is 4.09. The summed E-state index contributed by atoms with van der Waals surface area (Å²) in [5.74, 6) is -0.496. The fourth-order valence-corrected chi connectivity index (χ4v) is 4.09. The van der Waals surface area contributed by atoms with Gasteiger partial charge in [0.2, 0.25) is 5.91 Å². The molecule has 5 heteroatoms. The van der Waals surface area contributed by atoms with Crippen molar-refractivity contribution < 1.29 is 19.1 Å². The van der Waals surface area contributed by atoms with Crippen molar-refractivity contribution in [3.63, 3.8) is 0 Å². The molecule has 138 valence electrons. The zero-order valence-corrected chi connectivity index (χ0v) is 15.1. The van der Waals surface area contributed by atoms with Crippen LogP contribution in [0.25, 0.3) is 11.0 Å². The van der Waals surface area contributed by atoms with Crippen LogP contribution in [-0.2, 0) is 29.0 Å². The molecule has 0 unspecified atom stereocenters. The van der Waals surface area contributed by atoms with Gasteiger partial charge in [-0.1, -0.05) is 42.5 Å². The number of nitrogens with one attached hydrogen (secondary N) is 1. The summed E-state index contributed by atoms with van der Waals surface area (Å²) < 4.78 is 5.86. The Balaban J connectivity index is 1.56. The van der Waals surface area contributed by atoms with E-state index in [1.165, 1.54) is 0 Å². The molecule has 3 aromatic rings. The Labute approximate surface area is 157 Å². The largest absolute Gasteiger partial charge is 0.481 e. The predicted molar refractivity (Wildman–Crippen MR) is 101 cm³/mol. The molecular formula is C22H21NO4. The van der Waals surface area contributed by atoms with Crippen LogP contribution >= 0.6 is 0 Å². The fraction of sp³-hybridized carbons (Fsp3) is 0.273. The van der Waals surface area contributed by atoms with E-state index < -0.39 is 11.4 Å². The van der Waals surface area contributed by atoms with Crippen LogP contribution in [0.5, 0.6) is 0 Å². The number of carboxylic acids is 1. The third-order valence-electron chi connectivity index (χ3n) is 5.50. The number of benzene rings is 2. The van der Waals surface area contributed by atoms with Gasteiger partial charge in [-0.25, -0.2) is 0 Å².